The molecular weight excluding hydrogens is 348 g/mol. The summed E-state index contributed by atoms with van der Waals surface area (Å²) in [5.74, 6) is 0.856. The number of nitrogens with zero attached hydrogens (tertiary/aromatic N) is 1. The van der Waals surface area contributed by atoms with E-state index in [0.717, 1.165) is 28.0 Å². The third-order valence-electron chi connectivity index (χ3n) is 3.06. The lowest BCUT2D eigenvalue weighted by Gasteiger charge is -2.20. The number of anilines is 1. The molecule has 0 bridgehead atoms. The van der Waals surface area contributed by atoms with E-state index >= 15 is 0 Å². The molecule has 0 unspecified atom stereocenters. The van der Waals surface area contributed by atoms with E-state index < -0.39 is 0 Å². The maximum atomic E-state index is 5.73. The number of hydrogen-bond donors (Lipinski definition) is 1. The number of benzene rings is 2. The molecule has 0 amide bonds. The fourth-order valence-electron chi connectivity index (χ4n) is 1.88. The molecule has 2 rings (SSSR count). The molecule has 0 radical (unpaired) electrons. The normalized spacial score (nSPS) is 10.2. The molecule has 2 aromatic carbocycles. The van der Waals surface area contributed by atoms with Crippen LogP contribution in [0.4, 0.5) is 5.69 Å². The topological polar surface area (TPSA) is 38.5 Å². The fraction of sp³-hybridized carbons (Fsp3) is 0.188. The highest BCUT2D eigenvalue weighted by Gasteiger charge is 2.04. The smallest absolute Gasteiger partial charge is 0.120 e. The Kier molecular flexibility index (Phi) is 5.59. The van der Waals surface area contributed by atoms with Crippen LogP contribution < -0.4 is 15.4 Å². The summed E-state index contributed by atoms with van der Waals surface area (Å²) in [4.78, 5) is 2.52. The Morgan fingerprint density at radius 2 is 2.00 bits per heavy atom. The van der Waals surface area contributed by atoms with E-state index in [2.05, 4.69) is 20.8 Å². The first-order chi connectivity index (χ1) is 10.1. The number of hydrogen-bond acceptors (Lipinski definition) is 3. The Labute approximate surface area is 138 Å². The molecule has 110 valence electrons. The van der Waals surface area contributed by atoms with Gasteiger partial charge in [-0.25, -0.2) is 0 Å². The van der Waals surface area contributed by atoms with Gasteiger partial charge in [0, 0.05) is 22.8 Å². The molecule has 3 nitrogen and oxygen atoms in total. The molecule has 0 heterocycles. The number of nitrogens with two attached hydrogens (primary N) is 1. The lowest BCUT2D eigenvalue weighted by Crippen LogP contribution is -2.24. The standard InChI is InChI=1S/C16H17BrN2OS/c1-19(14-6-2-4-12(10-14)16(18)21)8-9-20-15-7-3-5-13(17)11-15/h2-7,10-11H,8-9H2,1H3,(H2,18,21). The quantitative estimate of drug-likeness (QED) is 0.794. The number of rotatable bonds is 6. The van der Waals surface area contributed by atoms with Gasteiger partial charge in [0.05, 0.1) is 6.54 Å². The minimum atomic E-state index is 0.413. The van der Waals surface area contributed by atoms with E-state index in [1.807, 2.05) is 55.6 Å². The summed E-state index contributed by atoms with van der Waals surface area (Å²) < 4.78 is 6.75. The van der Waals surface area contributed by atoms with Gasteiger partial charge >= 0.3 is 0 Å². The summed E-state index contributed by atoms with van der Waals surface area (Å²) in [6.07, 6.45) is 0. The largest absolute Gasteiger partial charge is 0.492 e. The van der Waals surface area contributed by atoms with Crippen molar-refractivity contribution in [1.29, 1.82) is 0 Å². The van der Waals surface area contributed by atoms with Gasteiger partial charge < -0.3 is 15.4 Å². The Morgan fingerprint density at radius 1 is 1.24 bits per heavy atom. The molecule has 0 atom stereocenters. The summed E-state index contributed by atoms with van der Waals surface area (Å²) in [5.41, 5.74) is 7.60. The second kappa shape index (κ2) is 7.43. The summed E-state index contributed by atoms with van der Waals surface area (Å²) in [7, 11) is 2.02. The van der Waals surface area contributed by atoms with Crippen LogP contribution >= 0.6 is 28.1 Å². The van der Waals surface area contributed by atoms with Crippen LogP contribution in [0.15, 0.2) is 53.0 Å². The van der Waals surface area contributed by atoms with Crippen LogP contribution in [0.25, 0.3) is 0 Å². The first-order valence-corrected chi connectivity index (χ1v) is 7.76. The number of likely N-dealkylation sites (N-methyl/N-ethyl adjacent to an activating group) is 1. The molecule has 0 aliphatic carbocycles. The lowest BCUT2D eigenvalue weighted by atomic mass is 10.2. The van der Waals surface area contributed by atoms with Crippen LogP contribution in [0, 0.1) is 0 Å². The van der Waals surface area contributed by atoms with E-state index in [9.17, 15) is 0 Å². The highest BCUT2D eigenvalue weighted by atomic mass is 79.9. The van der Waals surface area contributed by atoms with Crippen LogP contribution in [-0.4, -0.2) is 25.2 Å². The predicted octanol–water partition coefficient (Wildman–Crippen LogP) is 3.60. The van der Waals surface area contributed by atoms with E-state index in [4.69, 9.17) is 22.7 Å². The van der Waals surface area contributed by atoms with Crippen molar-refractivity contribution < 1.29 is 4.74 Å². The minimum absolute atomic E-state index is 0.413. The Hall–Kier alpha value is -1.59. The molecule has 0 saturated heterocycles. The van der Waals surface area contributed by atoms with Crippen molar-refractivity contribution in [2.45, 2.75) is 0 Å². The molecule has 0 aromatic heterocycles. The van der Waals surface area contributed by atoms with Gasteiger partial charge in [-0.3, -0.25) is 0 Å². The lowest BCUT2D eigenvalue weighted by molar-refractivity contribution is 0.326. The second-order valence-electron chi connectivity index (χ2n) is 4.64. The summed E-state index contributed by atoms with van der Waals surface area (Å²) in [6.45, 7) is 1.37. The van der Waals surface area contributed by atoms with Crippen LogP contribution in [0.5, 0.6) is 5.75 Å². The molecule has 0 aliphatic rings. The minimum Gasteiger partial charge on any atom is -0.492 e. The zero-order valence-electron chi connectivity index (χ0n) is 11.8. The van der Waals surface area contributed by atoms with Gasteiger partial charge in [-0.1, -0.05) is 46.3 Å². The van der Waals surface area contributed by atoms with Gasteiger partial charge in [0.25, 0.3) is 0 Å². The maximum Gasteiger partial charge on any atom is 0.120 e. The van der Waals surface area contributed by atoms with E-state index in [-0.39, 0.29) is 0 Å². The average Bonchev–Trinajstić information content (AvgIpc) is 2.47. The van der Waals surface area contributed by atoms with Crippen molar-refractivity contribution in [3.05, 3.63) is 58.6 Å². The zero-order valence-corrected chi connectivity index (χ0v) is 14.2. The molecule has 2 N–H and O–H groups in total. The van der Waals surface area contributed by atoms with Gasteiger partial charge in [0.2, 0.25) is 0 Å². The summed E-state index contributed by atoms with van der Waals surface area (Å²) in [5, 5.41) is 0. The molecule has 0 aliphatic heterocycles. The summed E-state index contributed by atoms with van der Waals surface area (Å²) >= 11 is 8.43. The molecular formula is C16H17BrN2OS. The van der Waals surface area contributed by atoms with Crippen LogP contribution in [0.3, 0.4) is 0 Å². The van der Waals surface area contributed by atoms with Crippen molar-refractivity contribution in [3.8, 4) is 5.75 Å². The SMILES string of the molecule is CN(CCOc1cccc(Br)c1)c1cccc(C(N)=S)c1. The van der Waals surface area contributed by atoms with Gasteiger partial charge in [-0.2, -0.15) is 0 Å². The van der Waals surface area contributed by atoms with Gasteiger partial charge in [0.15, 0.2) is 0 Å². The fourth-order valence-corrected chi connectivity index (χ4v) is 2.39. The van der Waals surface area contributed by atoms with Crippen molar-refractivity contribution in [2.24, 2.45) is 5.73 Å². The van der Waals surface area contributed by atoms with Gasteiger partial charge in [0.1, 0.15) is 17.3 Å². The van der Waals surface area contributed by atoms with Gasteiger partial charge in [-0.05, 0) is 30.3 Å². The Morgan fingerprint density at radius 3 is 2.71 bits per heavy atom. The summed E-state index contributed by atoms with van der Waals surface area (Å²) in [6, 6.07) is 15.7. The van der Waals surface area contributed by atoms with Crippen molar-refractivity contribution >= 4 is 38.8 Å². The zero-order chi connectivity index (χ0) is 15.2. The molecule has 5 heteroatoms. The van der Waals surface area contributed by atoms with E-state index in [1.54, 1.807) is 0 Å². The van der Waals surface area contributed by atoms with Crippen molar-refractivity contribution in [3.63, 3.8) is 0 Å². The van der Waals surface area contributed by atoms with Crippen LogP contribution in [0.2, 0.25) is 0 Å². The Balaban J connectivity index is 1.91. The molecule has 2 aromatic rings. The number of thiocarbonyl (C=S) groups is 1. The van der Waals surface area contributed by atoms with Crippen LogP contribution in [-0.2, 0) is 0 Å². The third kappa shape index (κ3) is 4.72. The number of ether oxygens (including phenoxy) is 1. The molecule has 0 spiro atoms. The van der Waals surface area contributed by atoms with E-state index in [1.165, 1.54) is 0 Å². The molecule has 0 saturated carbocycles. The highest BCUT2D eigenvalue weighted by Crippen LogP contribution is 2.18. The maximum absolute atomic E-state index is 5.73. The average molecular weight is 365 g/mol. The van der Waals surface area contributed by atoms with E-state index in [0.29, 0.717) is 11.6 Å². The third-order valence-corrected chi connectivity index (χ3v) is 3.79. The van der Waals surface area contributed by atoms with Crippen molar-refractivity contribution in [2.75, 3.05) is 25.1 Å². The van der Waals surface area contributed by atoms with Gasteiger partial charge in [-0.15, -0.1) is 0 Å². The Bertz CT molecular complexity index is 633. The molecule has 21 heavy (non-hydrogen) atoms. The number of halogens is 1. The van der Waals surface area contributed by atoms with Crippen molar-refractivity contribution in [1.82, 2.24) is 0 Å². The molecule has 0 fully saturated rings. The monoisotopic (exact) mass is 364 g/mol. The highest BCUT2D eigenvalue weighted by molar-refractivity contribution is 9.10. The first kappa shape index (κ1) is 15.8. The predicted molar refractivity (Wildman–Crippen MR) is 95.2 cm³/mol. The van der Waals surface area contributed by atoms with Crippen LogP contribution in [0.1, 0.15) is 5.56 Å². The second-order valence-corrected chi connectivity index (χ2v) is 6.00. The first-order valence-electron chi connectivity index (χ1n) is 6.55.